The Morgan fingerprint density at radius 2 is 1.81 bits per heavy atom. The van der Waals surface area contributed by atoms with Gasteiger partial charge in [0.2, 0.25) is 18.0 Å². The summed E-state index contributed by atoms with van der Waals surface area (Å²) in [5, 5.41) is 5.40. The summed E-state index contributed by atoms with van der Waals surface area (Å²) in [5.41, 5.74) is 1.10. The average molecular weight is 372 g/mol. The summed E-state index contributed by atoms with van der Waals surface area (Å²) in [6.45, 7) is 2.65. The molecular weight excluding hydrogens is 355 g/mol. The third kappa shape index (κ3) is 3.89. The van der Waals surface area contributed by atoms with Crippen molar-refractivity contribution < 1.29 is 28.2 Å². The van der Waals surface area contributed by atoms with E-state index in [0.29, 0.717) is 16.9 Å². The molecule has 3 rings (SSSR count). The molecule has 1 aliphatic heterocycles. The molecule has 0 aliphatic carbocycles. The predicted molar refractivity (Wildman–Crippen MR) is 93.6 cm³/mol. The van der Waals surface area contributed by atoms with E-state index in [-0.39, 0.29) is 17.6 Å². The Bertz CT molecular complexity index is 911. The number of rotatable bonds is 4. The molecule has 7 nitrogen and oxygen atoms in total. The molecule has 8 heteroatoms. The third-order valence-electron chi connectivity index (χ3n) is 3.79. The van der Waals surface area contributed by atoms with Gasteiger partial charge in [0.1, 0.15) is 5.82 Å². The molecule has 0 fully saturated rings. The summed E-state index contributed by atoms with van der Waals surface area (Å²) in [5.74, 6) is -0.442. The van der Waals surface area contributed by atoms with E-state index in [1.165, 1.54) is 50.2 Å². The zero-order valence-electron chi connectivity index (χ0n) is 14.9. The number of nitrogens with zero attached hydrogens (tertiary/aromatic N) is 2. The maximum atomic E-state index is 13.2. The van der Waals surface area contributed by atoms with Gasteiger partial charge in [-0.1, -0.05) is 12.1 Å². The van der Waals surface area contributed by atoms with Gasteiger partial charge in [-0.2, -0.15) is 5.01 Å². The number of hydrogen-bond acceptors (Lipinski definition) is 6. The van der Waals surface area contributed by atoms with Crippen molar-refractivity contribution in [3.63, 3.8) is 0 Å². The molecule has 2 aromatic rings. The molecule has 0 radical (unpaired) electrons. The van der Waals surface area contributed by atoms with E-state index in [4.69, 9.17) is 14.2 Å². The number of carbonyl (C=O) groups excluding carboxylic acids is 2. The van der Waals surface area contributed by atoms with Crippen LogP contribution in [0.5, 0.6) is 11.5 Å². The minimum Gasteiger partial charge on any atom is -0.493 e. The lowest BCUT2D eigenvalue weighted by Crippen LogP contribution is -2.25. The summed E-state index contributed by atoms with van der Waals surface area (Å²) in [7, 11) is 1.44. The molecular formula is C19H17FN2O5. The molecule has 1 unspecified atom stereocenters. The molecule has 0 spiro atoms. The summed E-state index contributed by atoms with van der Waals surface area (Å²) in [4.78, 5) is 23.1. The fourth-order valence-electron chi connectivity index (χ4n) is 2.57. The quantitative estimate of drug-likeness (QED) is 0.609. The number of amides is 1. The Hall–Kier alpha value is -3.42. The van der Waals surface area contributed by atoms with E-state index >= 15 is 0 Å². The third-order valence-corrected chi connectivity index (χ3v) is 3.79. The van der Waals surface area contributed by atoms with Crippen LogP contribution >= 0.6 is 0 Å². The molecule has 1 aliphatic rings. The van der Waals surface area contributed by atoms with E-state index < -0.39 is 18.0 Å². The van der Waals surface area contributed by atoms with Gasteiger partial charge in [-0.25, -0.2) is 4.39 Å². The number of hydrogen-bond donors (Lipinski definition) is 0. The van der Waals surface area contributed by atoms with Crippen molar-refractivity contribution >= 4 is 17.8 Å². The maximum Gasteiger partial charge on any atom is 0.308 e. The normalized spacial score (nSPS) is 15.8. The van der Waals surface area contributed by atoms with Gasteiger partial charge in [0.05, 0.1) is 7.11 Å². The molecule has 1 atom stereocenters. The fourth-order valence-corrected chi connectivity index (χ4v) is 2.57. The second kappa shape index (κ2) is 7.45. The molecule has 2 aromatic carbocycles. The van der Waals surface area contributed by atoms with E-state index in [2.05, 4.69) is 5.10 Å². The van der Waals surface area contributed by atoms with Crippen LogP contribution in [0.4, 0.5) is 4.39 Å². The molecule has 140 valence electrons. The van der Waals surface area contributed by atoms with Crippen LogP contribution in [0.25, 0.3) is 0 Å². The number of halogens is 1. The number of methoxy groups -OCH3 is 1. The number of hydrazone groups is 1. The summed E-state index contributed by atoms with van der Waals surface area (Å²) in [6, 6.07) is 10.4. The van der Waals surface area contributed by atoms with Crippen LogP contribution in [0.15, 0.2) is 47.6 Å². The van der Waals surface area contributed by atoms with E-state index in [1.807, 2.05) is 0 Å². The predicted octanol–water partition coefficient (Wildman–Crippen LogP) is 3.00. The summed E-state index contributed by atoms with van der Waals surface area (Å²) >= 11 is 0. The highest BCUT2D eigenvalue weighted by Crippen LogP contribution is 2.33. The first-order valence-electron chi connectivity index (χ1n) is 8.06. The Morgan fingerprint density at radius 3 is 2.41 bits per heavy atom. The van der Waals surface area contributed by atoms with Crippen molar-refractivity contribution in [3.05, 3.63) is 59.4 Å². The van der Waals surface area contributed by atoms with E-state index in [1.54, 1.807) is 18.2 Å². The van der Waals surface area contributed by atoms with Crippen molar-refractivity contribution in [2.75, 3.05) is 7.11 Å². The van der Waals surface area contributed by atoms with Gasteiger partial charge in [0.25, 0.3) is 0 Å². The van der Waals surface area contributed by atoms with Gasteiger partial charge in [0.15, 0.2) is 11.5 Å². The lowest BCUT2D eigenvalue weighted by atomic mass is 10.2. The second-order valence-corrected chi connectivity index (χ2v) is 5.75. The highest BCUT2D eigenvalue weighted by atomic mass is 19.1. The Morgan fingerprint density at radius 1 is 1.11 bits per heavy atom. The van der Waals surface area contributed by atoms with Crippen molar-refractivity contribution in [1.29, 1.82) is 0 Å². The average Bonchev–Trinajstić information content (AvgIpc) is 3.08. The number of carbonyl (C=O) groups is 2. The summed E-state index contributed by atoms with van der Waals surface area (Å²) in [6.07, 6.45) is -0.808. The number of ether oxygens (including phenoxy) is 3. The monoisotopic (exact) mass is 372 g/mol. The van der Waals surface area contributed by atoms with Crippen LogP contribution in [-0.2, 0) is 14.3 Å². The van der Waals surface area contributed by atoms with Crippen LogP contribution in [-0.4, -0.2) is 29.9 Å². The second-order valence-electron chi connectivity index (χ2n) is 5.75. The lowest BCUT2D eigenvalue weighted by molar-refractivity contribution is -0.135. The Balaban J connectivity index is 1.92. The van der Waals surface area contributed by atoms with Gasteiger partial charge < -0.3 is 14.2 Å². The lowest BCUT2D eigenvalue weighted by Gasteiger charge is -2.19. The van der Waals surface area contributed by atoms with Crippen molar-refractivity contribution in [3.8, 4) is 11.5 Å². The summed E-state index contributed by atoms with van der Waals surface area (Å²) < 4.78 is 29.3. The van der Waals surface area contributed by atoms with Crippen LogP contribution < -0.4 is 9.47 Å². The minimum atomic E-state index is -0.808. The highest BCUT2D eigenvalue weighted by Gasteiger charge is 2.33. The fraction of sp³-hybridized carbons (Fsp3) is 0.211. The largest absolute Gasteiger partial charge is 0.493 e. The van der Waals surface area contributed by atoms with Gasteiger partial charge >= 0.3 is 5.97 Å². The Labute approximate surface area is 154 Å². The van der Waals surface area contributed by atoms with Crippen molar-refractivity contribution in [1.82, 2.24) is 5.01 Å². The van der Waals surface area contributed by atoms with Crippen LogP contribution in [0.2, 0.25) is 0 Å². The first-order chi connectivity index (χ1) is 12.9. The smallest absolute Gasteiger partial charge is 0.308 e. The van der Waals surface area contributed by atoms with Crippen LogP contribution in [0.3, 0.4) is 0 Å². The van der Waals surface area contributed by atoms with Gasteiger partial charge in [-0.3, -0.25) is 9.59 Å². The topological polar surface area (TPSA) is 77.4 Å². The molecule has 0 saturated carbocycles. The van der Waals surface area contributed by atoms with Gasteiger partial charge in [-0.15, -0.1) is 5.10 Å². The minimum absolute atomic E-state index is 0.187. The molecule has 0 N–H and O–H groups in total. The molecule has 27 heavy (non-hydrogen) atoms. The van der Waals surface area contributed by atoms with Crippen molar-refractivity contribution in [2.45, 2.75) is 20.1 Å². The molecule has 1 heterocycles. The van der Waals surface area contributed by atoms with Gasteiger partial charge in [-0.05, 0) is 30.3 Å². The highest BCUT2D eigenvalue weighted by molar-refractivity contribution is 5.97. The van der Waals surface area contributed by atoms with Crippen LogP contribution in [0.1, 0.15) is 31.2 Å². The molecule has 0 saturated heterocycles. The first-order valence-corrected chi connectivity index (χ1v) is 8.06. The van der Waals surface area contributed by atoms with Crippen LogP contribution in [0, 0.1) is 5.82 Å². The molecule has 1 amide bonds. The SMILES string of the molecule is COc1cc(C2=NN(C(C)=O)C(c3ccc(F)cc3)O2)ccc1OC(C)=O. The van der Waals surface area contributed by atoms with Gasteiger partial charge in [0, 0.05) is 25.0 Å². The maximum absolute atomic E-state index is 13.2. The molecule has 0 bridgehead atoms. The number of benzene rings is 2. The Kier molecular flexibility index (Phi) is 5.07. The van der Waals surface area contributed by atoms with E-state index in [0.717, 1.165) is 0 Å². The zero-order valence-corrected chi connectivity index (χ0v) is 14.9. The zero-order chi connectivity index (χ0) is 19.6. The van der Waals surface area contributed by atoms with Crippen molar-refractivity contribution in [2.24, 2.45) is 5.10 Å². The standard InChI is InChI=1S/C19H17FN2O5/c1-11(23)22-19(13-4-7-15(20)8-5-13)27-18(21-22)14-6-9-16(26-12(2)24)17(10-14)25-3/h4-10,19H,1-3H3. The van der Waals surface area contributed by atoms with E-state index in [9.17, 15) is 14.0 Å². The number of esters is 1. The molecule has 0 aromatic heterocycles. The first kappa shape index (κ1) is 18.4.